The fourth-order valence-corrected chi connectivity index (χ4v) is 1.86. The smallest absolute Gasteiger partial charge is 0.274 e. The number of nitrogens with one attached hydrogen (secondary N) is 1. The summed E-state index contributed by atoms with van der Waals surface area (Å²) in [6, 6.07) is 11.1. The molecule has 2 rings (SSSR count). The Bertz CT molecular complexity index is 614. The molecular formula is C14H13FN2O2. The molecule has 0 saturated heterocycles. The third-order valence-corrected chi connectivity index (χ3v) is 2.87. The maximum atomic E-state index is 13.0. The number of hydrogen-bond acceptors (Lipinski definition) is 3. The molecule has 2 aromatic rings. The van der Waals surface area contributed by atoms with Crippen LogP contribution in [0, 0.1) is 22.9 Å². The summed E-state index contributed by atoms with van der Waals surface area (Å²) in [5.41, 5.74) is 2.11. The summed E-state index contributed by atoms with van der Waals surface area (Å²) in [6.07, 6.45) is 0. The standard InChI is InChI=1S/C14H13FN2O2/c1-10-13(6-3-7-14(10)17(18)19)16-9-11-4-2-5-12(15)8-11/h2-8,16H,9H2,1H3. The Morgan fingerprint density at radius 1 is 1.26 bits per heavy atom. The molecular weight excluding hydrogens is 247 g/mol. The molecule has 0 amide bonds. The van der Waals surface area contributed by atoms with E-state index in [1.54, 1.807) is 31.2 Å². The van der Waals surface area contributed by atoms with Crippen LogP contribution in [-0.4, -0.2) is 4.92 Å². The molecule has 0 aliphatic carbocycles. The van der Waals surface area contributed by atoms with Gasteiger partial charge in [-0.25, -0.2) is 4.39 Å². The Morgan fingerprint density at radius 2 is 2.00 bits per heavy atom. The normalized spacial score (nSPS) is 10.2. The molecule has 98 valence electrons. The molecule has 0 fully saturated rings. The summed E-state index contributed by atoms with van der Waals surface area (Å²) < 4.78 is 13.0. The van der Waals surface area contributed by atoms with Gasteiger partial charge in [0, 0.05) is 23.9 Å². The van der Waals surface area contributed by atoms with Crippen molar-refractivity contribution in [1.29, 1.82) is 0 Å². The zero-order valence-corrected chi connectivity index (χ0v) is 10.4. The molecule has 5 heteroatoms. The van der Waals surface area contributed by atoms with Crippen LogP contribution < -0.4 is 5.32 Å². The van der Waals surface area contributed by atoms with Crippen LogP contribution in [0.15, 0.2) is 42.5 Å². The van der Waals surface area contributed by atoms with Crippen LogP contribution in [0.5, 0.6) is 0 Å². The molecule has 0 unspecified atom stereocenters. The summed E-state index contributed by atoms with van der Waals surface area (Å²) in [5, 5.41) is 13.9. The second-order valence-corrected chi connectivity index (χ2v) is 4.19. The summed E-state index contributed by atoms with van der Waals surface area (Å²) in [4.78, 5) is 10.4. The monoisotopic (exact) mass is 260 g/mol. The maximum absolute atomic E-state index is 13.0. The van der Waals surface area contributed by atoms with Crippen LogP contribution in [-0.2, 0) is 6.54 Å². The van der Waals surface area contributed by atoms with Gasteiger partial charge in [-0.1, -0.05) is 18.2 Å². The van der Waals surface area contributed by atoms with Gasteiger partial charge < -0.3 is 5.32 Å². The van der Waals surface area contributed by atoms with Gasteiger partial charge in [0.1, 0.15) is 5.82 Å². The van der Waals surface area contributed by atoms with Gasteiger partial charge in [-0.2, -0.15) is 0 Å². The van der Waals surface area contributed by atoms with Crippen molar-refractivity contribution in [2.75, 3.05) is 5.32 Å². The van der Waals surface area contributed by atoms with E-state index in [4.69, 9.17) is 0 Å². The molecule has 0 aliphatic heterocycles. The molecule has 0 heterocycles. The highest BCUT2D eigenvalue weighted by atomic mass is 19.1. The number of benzene rings is 2. The first-order valence-corrected chi connectivity index (χ1v) is 5.80. The third-order valence-electron chi connectivity index (χ3n) is 2.87. The van der Waals surface area contributed by atoms with Crippen LogP contribution in [0.25, 0.3) is 0 Å². The van der Waals surface area contributed by atoms with Crippen LogP contribution in [0.1, 0.15) is 11.1 Å². The number of nitro benzene ring substituents is 1. The van der Waals surface area contributed by atoms with Crippen molar-refractivity contribution in [2.45, 2.75) is 13.5 Å². The Morgan fingerprint density at radius 3 is 2.68 bits per heavy atom. The van der Waals surface area contributed by atoms with Gasteiger partial charge in [-0.15, -0.1) is 0 Å². The van der Waals surface area contributed by atoms with Gasteiger partial charge in [0.25, 0.3) is 5.69 Å². The van der Waals surface area contributed by atoms with Crippen LogP contribution >= 0.6 is 0 Å². The van der Waals surface area contributed by atoms with E-state index >= 15 is 0 Å². The maximum Gasteiger partial charge on any atom is 0.274 e. The molecule has 0 atom stereocenters. The predicted octanol–water partition coefficient (Wildman–Crippen LogP) is 3.65. The van der Waals surface area contributed by atoms with Crippen molar-refractivity contribution in [3.05, 3.63) is 69.5 Å². The van der Waals surface area contributed by atoms with Crippen LogP contribution in [0.3, 0.4) is 0 Å². The van der Waals surface area contributed by atoms with Crippen LogP contribution in [0.4, 0.5) is 15.8 Å². The zero-order chi connectivity index (χ0) is 13.8. The average molecular weight is 260 g/mol. The largest absolute Gasteiger partial charge is 0.381 e. The highest BCUT2D eigenvalue weighted by molar-refractivity contribution is 5.59. The minimum Gasteiger partial charge on any atom is -0.381 e. The van der Waals surface area contributed by atoms with Crippen molar-refractivity contribution in [3.8, 4) is 0 Å². The highest BCUT2D eigenvalue weighted by Gasteiger charge is 2.12. The number of nitrogens with zero attached hydrogens (tertiary/aromatic N) is 1. The number of hydrogen-bond donors (Lipinski definition) is 1. The first-order valence-electron chi connectivity index (χ1n) is 5.80. The van der Waals surface area contributed by atoms with Crippen molar-refractivity contribution in [1.82, 2.24) is 0 Å². The number of nitro groups is 1. The highest BCUT2D eigenvalue weighted by Crippen LogP contribution is 2.25. The fraction of sp³-hybridized carbons (Fsp3) is 0.143. The van der Waals surface area contributed by atoms with E-state index in [9.17, 15) is 14.5 Å². The lowest BCUT2D eigenvalue weighted by Gasteiger charge is -2.09. The molecule has 0 aliphatic rings. The Kier molecular flexibility index (Phi) is 3.75. The first-order chi connectivity index (χ1) is 9.08. The van der Waals surface area contributed by atoms with Crippen molar-refractivity contribution < 1.29 is 9.31 Å². The van der Waals surface area contributed by atoms with E-state index in [1.807, 2.05) is 0 Å². The van der Waals surface area contributed by atoms with Crippen LogP contribution in [0.2, 0.25) is 0 Å². The summed E-state index contributed by atoms with van der Waals surface area (Å²) in [7, 11) is 0. The van der Waals surface area contributed by atoms with Gasteiger partial charge in [0.05, 0.1) is 4.92 Å². The van der Waals surface area contributed by atoms with E-state index in [1.165, 1.54) is 18.2 Å². The molecule has 19 heavy (non-hydrogen) atoms. The number of rotatable bonds is 4. The van der Waals surface area contributed by atoms with E-state index < -0.39 is 4.92 Å². The van der Waals surface area contributed by atoms with E-state index in [0.717, 1.165) is 5.56 Å². The van der Waals surface area contributed by atoms with Gasteiger partial charge in [0.2, 0.25) is 0 Å². The van der Waals surface area contributed by atoms with Crippen molar-refractivity contribution >= 4 is 11.4 Å². The van der Waals surface area contributed by atoms with Gasteiger partial charge in [-0.3, -0.25) is 10.1 Å². The van der Waals surface area contributed by atoms with E-state index in [0.29, 0.717) is 17.8 Å². The second kappa shape index (κ2) is 5.48. The molecule has 4 nitrogen and oxygen atoms in total. The average Bonchev–Trinajstić information content (AvgIpc) is 2.37. The lowest BCUT2D eigenvalue weighted by molar-refractivity contribution is -0.385. The van der Waals surface area contributed by atoms with Crippen molar-refractivity contribution in [2.24, 2.45) is 0 Å². The Hall–Kier alpha value is -2.43. The zero-order valence-electron chi connectivity index (χ0n) is 10.4. The van der Waals surface area contributed by atoms with Gasteiger partial charge in [0.15, 0.2) is 0 Å². The van der Waals surface area contributed by atoms with Gasteiger partial charge >= 0.3 is 0 Å². The lowest BCUT2D eigenvalue weighted by atomic mass is 10.1. The second-order valence-electron chi connectivity index (χ2n) is 4.19. The summed E-state index contributed by atoms with van der Waals surface area (Å²) in [5.74, 6) is -0.296. The van der Waals surface area contributed by atoms with E-state index in [2.05, 4.69) is 5.32 Å². The SMILES string of the molecule is Cc1c(NCc2cccc(F)c2)cccc1[N+](=O)[O-]. The molecule has 0 aromatic heterocycles. The topological polar surface area (TPSA) is 55.2 Å². The molecule has 0 bridgehead atoms. The fourth-order valence-electron chi connectivity index (χ4n) is 1.86. The Balaban J connectivity index is 2.16. The summed E-state index contributed by atoms with van der Waals surface area (Å²) >= 11 is 0. The predicted molar refractivity (Wildman–Crippen MR) is 71.6 cm³/mol. The lowest BCUT2D eigenvalue weighted by Crippen LogP contribution is -2.03. The van der Waals surface area contributed by atoms with Crippen molar-refractivity contribution in [3.63, 3.8) is 0 Å². The van der Waals surface area contributed by atoms with Gasteiger partial charge in [-0.05, 0) is 30.7 Å². The first kappa shape index (κ1) is 13.0. The minimum atomic E-state index is -0.414. The molecule has 0 saturated carbocycles. The number of anilines is 1. The summed E-state index contributed by atoms with van der Waals surface area (Å²) in [6.45, 7) is 2.10. The minimum absolute atomic E-state index is 0.0734. The molecule has 0 spiro atoms. The molecule has 2 aromatic carbocycles. The quantitative estimate of drug-likeness (QED) is 0.674. The Labute approximate surface area is 110 Å². The third kappa shape index (κ3) is 3.07. The molecule has 1 N–H and O–H groups in total. The molecule has 0 radical (unpaired) electrons. The number of halogens is 1. The van der Waals surface area contributed by atoms with E-state index in [-0.39, 0.29) is 11.5 Å².